The first-order chi connectivity index (χ1) is 13.7. The lowest BCUT2D eigenvalue weighted by molar-refractivity contribution is -0.128. The molecule has 3 aromatic rings. The molecule has 0 saturated heterocycles. The summed E-state index contributed by atoms with van der Waals surface area (Å²) in [7, 11) is 0. The number of aromatic nitrogens is 1. The number of rotatable bonds is 9. The van der Waals surface area contributed by atoms with Crippen molar-refractivity contribution in [1.29, 1.82) is 0 Å². The fourth-order valence-corrected chi connectivity index (χ4v) is 3.88. The molecule has 0 aliphatic heterocycles. The molecule has 0 saturated carbocycles. The summed E-state index contributed by atoms with van der Waals surface area (Å²) >= 11 is 2.93. The molecule has 0 aliphatic rings. The minimum Gasteiger partial charge on any atom is -0.349 e. The molecule has 144 valence electrons. The Hall–Kier alpha value is -2.64. The quantitative estimate of drug-likeness (QED) is 0.530. The van der Waals surface area contributed by atoms with Crippen LogP contribution >= 0.6 is 23.1 Å². The molecule has 5 nitrogen and oxygen atoms in total. The Morgan fingerprint density at radius 2 is 1.75 bits per heavy atom. The molecule has 2 N–H and O–H groups in total. The van der Waals surface area contributed by atoms with Gasteiger partial charge in [-0.3, -0.25) is 9.59 Å². The van der Waals surface area contributed by atoms with E-state index in [9.17, 15) is 9.59 Å². The number of amides is 2. The van der Waals surface area contributed by atoms with Crippen molar-refractivity contribution in [1.82, 2.24) is 15.6 Å². The van der Waals surface area contributed by atoms with Crippen molar-refractivity contribution < 1.29 is 9.59 Å². The Balaban J connectivity index is 1.59. The summed E-state index contributed by atoms with van der Waals surface area (Å²) in [4.78, 5) is 30.3. The molecule has 0 bridgehead atoms. The summed E-state index contributed by atoms with van der Waals surface area (Å²) in [5.74, 6) is -0.122. The lowest BCUT2D eigenvalue weighted by Gasteiger charge is -2.18. The molecular weight excluding hydrogens is 390 g/mol. The van der Waals surface area contributed by atoms with Crippen molar-refractivity contribution in [2.75, 3.05) is 5.75 Å². The highest BCUT2D eigenvalue weighted by atomic mass is 32.2. The van der Waals surface area contributed by atoms with Gasteiger partial charge in [-0.05, 0) is 17.7 Å². The maximum atomic E-state index is 12.7. The topological polar surface area (TPSA) is 71.1 Å². The standard InChI is InChI=1S/C21H21N3O2S2/c25-20(14-28-18-9-5-2-6-10-18)24-19(11-16-7-3-1-4-8-16)21(26)22-12-17-13-27-15-23-17/h1-10,13,15,19H,11-12,14H2,(H,22,26)(H,24,25). The van der Waals surface area contributed by atoms with Gasteiger partial charge in [-0.1, -0.05) is 48.5 Å². The third-order valence-electron chi connectivity index (χ3n) is 3.97. The van der Waals surface area contributed by atoms with Crippen LogP contribution in [-0.4, -0.2) is 28.6 Å². The van der Waals surface area contributed by atoms with E-state index in [0.717, 1.165) is 16.2 Å². The molecular formula is C21H21N3O2S2. The number of thioether (sulfide) groups is 1. The van der Waals surface area contributed by atoms with Crippen molar-refractivity contribution in [3.8, 4) is 0 Å². The lowest BCUT2D eigenvalue weighted by atomic mass is 10.1. The summed E-state index contributed by atoms with van der Waals surface area (Å²) in [5, 5.41) is 7.63. The van der Waals surface area contributed by atoms with Gasteiger partial charge in [-0.25, -0.2) is 4.98 Å². The molecule has 7 heteroatoms. The molecule has 28 heavy (non-hydrogen) atoms. The van der Waals surface area contributed by atoms with E-state index in [0.29, 0.717) is 13.0 Å². The second-order valence-electron chi connectivity index (χ2n) is 6.11. The van der Waals surface area contributed by atoms with Gasteiger partial charge in [0, 0.05) is 16.7 Å². The minimum atomic E-state index is -0.634. The van der Waals surface area contributed by atoms with Crippen LogP contribution < -0.4 is 10.6 Å². The van der Waals surface area contributed by atoms with E-state index in [-0.39, 0.29) is 17.6 Å². The highest BCUT2D eigenvalue weighted by Crippen LogP contribution is 2.16. The molecule has 1 heterocycles. The fourth-order valence-electron chi connectivity index (χ4n) is 2.59. The van der Waals surface area contributed by atoms with E-state index in [1.54, 1.807) is 5.51 Å². The Bertz CT molecular complexity index is 871. The highest BCUT2D eigenvalue weighted by Gasteiger charge is 2.21. The van der Waals surface area contributed by atoms with Crippen molar-refractivity contribution in [3.63, 3.8) is 0 Å². The molecule has 0 fully saturated rings. The Morgan fingerprint density at radius 3 is 2.43 bits per heavy atom. The van der Waals surface area contributed by atoms with Crippen LogP contribution in [0, 0.1) is 0 Å². The Kier molecular flexibility index (Phi) is 7.63. The average Bonchev–Trinajstić information content (AvgIpc) is 3.25. The summed E-state index contributed by atoms with van der Waals surface area (Å²) in [6.07, 6.45) is 0.436. The summed E-state index contributed by atoms with van der Waals surface area (Å²) in [5.41, 5.74) is 3.53. The molecule has 2 aromatic carbocycles. The number of nitrogens with one attached hydrogen (secondary N) is 2. The first kappa shape index (κ1) is 20.1. The van der Waals surface area contributed by atoms with E-state index in [1.165, 1.54) is 23.1 Å². The SMILES string of the molecule is O=C(CSc1ccccc1)NC(Cc1ccccc1)C(=O)NCc1cscn1. The fraction of sp³-hybridized carbons (Fsp3) is 0.190. The van der Waals surface area contributed by atoms with Crippen LogP contribution in [0.15, 0.2) is 76.4 Å². The molecule has 2 amide bonds. The van der Waals surface area contributed by atoms with Gasteiger partial charge in [0.2, 0.25) is 11.8 Å². The van der Waals surface area contributed by atoms with Crippen molar-refractivity contribution in [3.05, 3.63) is 82.8 Å². The van der Waals surface area contributed by atoms with Crippen LogP contribution in [0.5, 0.6) is 0 Å². The summed E-state index contributed by atoms with van der Waals surface area (Å²) in [6.45, 7) is 0.349. The largest absolute Gasteiger partial charge is 0.349 e. The van der Waals surface area contributed by atoms with Gasteiger partial charge >= 0.3 is 0 Å². The molecule has 1 unspecified atom stereocenters. The number of hydrogen-bond donors (Lipinski definition) is 2. The Labute approximate surface area is 172 Å². The van der Waals surface area contributed by atoms with Gasteiger partial charge in [-0.15, -0.1) is 23.1 Å². The van der Waals surface area contributed by atoms with Gasteiger partial charge in [0.15, 0.2) is 0 Å². The smallest absolute Gasteiger partial charge is 0.243 e. The molecule has 0 radical (unpaired) electrons. The number of carbonyl (C=O) groups excluding carboxylic acids is 2. The van der Waals surface area contributed by atoms with Gasteiger partial charge in [0.1, 0.15) is 6.04 Å². The summed E-state index contributed by atoms with van der Waals surface area (Å²) in [6, 6.07) is 18.8. The van der Waals surface area contributed by atoms with E-state index < -0.39 is 6.04 Å². The summed E-state index contributed by atoms with van der Waals surface area (Å²) < 4.78 is 0. The van der Waals surface area contributed by atoms with E-state index in [4.69, 9.17) is 0 Å². The van der Waals surface area contributed by atoms with Crippen molar-refractivity contribution in [2.45, 2.75) is 23.9 Å². The second-order valence-corrected chi connectivity index (χ2v) is 7.88. The first-order valence-electron chi connectivity index (χ1n) is 8.86. The maximum Gasteiger partial charge on any atom is 0.243 e. The highest BCUT2D eigenvalue weighted by molar-refractivity contribution is 8.00. The number of thiazole rings is 1. The number of benzene rings is 2. The normalized spacial score (nSPS) is 11.6. The van der Waals surface area contributed by atoms with E-state index >= 15 is 0 Å². The third kappa shape index (κ3) is 6.51. The van der Waals surface area contributed by atoms with Gasteiger partial charge in [-0.2, -0.15) is 0 Å². The van der Waals surface area contributed by atoms with Gasteiger partial charge < -0.3 is 10.6 Å². The van der Waals surface area contributed by atoms with Crippen molar-refractivity contribution >= 4 is 34.9 Å². The zero-order chi connectivity index (χ0) is 19.6. The first-order valence-corrected chi connectivity index (χ1v) is 10.8. The van der Waals surface area contributed by atoms with Crippen LogP contribution in [-0.2, 0) is 22.6 Å². The molecule has 1 aromatic heterocycles. The zero-order valence-electron chi connectivity index (χ0n) is 15.2. The number of nitrogens with zero attached hydrogens (tertiary/aromatic N) is 1. The minimum absolute atomic E-state index is 0.168. The Morgan fingerprint density at radius 1 is 1.04 bits per heavy atom. The van der Waals surface area contributed by atoms with E-state index in [1.807, 2.05) is 66.0 Å². The van der Waals surface area contributed by atoms with Crippen molar-refractivity contribution in [2.24, 2.45) is 0 Å². The lowest BCUT2D eigenvalue weighted by Crippen LogP contribution is -2.48. The van der Waals surface area contributed by atoms with Crippen LogP contribution in [0.4, 0.5) is 0 Å². The van der Waals surface area contributed by atoms with Crippen LogP contribution in [0.3, 0.4) is 0 Å². The maximum absolute atomic E-state index is 12.7. The molecule has 1 atom stereocenters. The van der Waals surface area contributed by atoms with Crippen LogP contribution in [0.2, 0.25) is 0 Å². The monoisotopic (exact) mass is 411 g/mol. The second kappa shape index (κ2) is 10.6. The average molecular weight is 412 g/mol. The predicted octanol–water partition coefficient (Wildman–Crippen LogP) is 3.28. The third-order valence-corrected chi connectivity index (χ3v) is 5.62. The molecule has 0 spiro atoms. The number of carbonyl (C=O) groups is 2. The zero-order valence-corrected chi connectivity index (χ0v) is 16.8. The van der Waals surface area contributed by atoms with Gasteiger partial charge in [0.05, 0.1) is 23.5 Å². The van der Waals surface area contributed by atoms with E-state index in [2.05, 4.69) is 15.6 Å². The number of hydrogen-bond acceptors (Lipinski definition) is 5. The molecule has 3 rings (SSSR count). The van der Waals surface area contributed by atoms with Gasteiger partial charge in [0.25, 0.3) is 0 Å². The van der Waals surface area contributed by atoms with Crippen LogP contribution in [0.25, 0.3) is 0 Å². The predicted molar refractivity (Wildman–Crippen MR) is 113 cm³/mol. The van der Waals surface area contributed by atoms with Crippen LogP contribution in [0.1, 0.15) is 11.3 Å². The molecule has 0 aliphatic carbocycles.